The van der Waals surface area contributed by atoms with Gasteiger partial charge in [0.15, 0.2) is 0 Å². The Morgan fingerprint density at radius 2 is 1.74 bits per heavy atom. The van der Waals surface area contributed by atoms with Crippen molar-refractivity contribution in [2.75, 3.05) is 19.6 Å². The van der Waals surface area contributed by atoms with Crippen molar-refractivity contribution in [2.45, 2.75) is 51.9 Å². The Morgan fingerprint density at radius 1 is 1.07 bits per heavy atom. The van der Waals surface area contributed by atoms with Crippen molar-refractivity contribution >= 4 is 11.8 Å². The predicted octanol–water partition coefficient (Wildman–Crippen LogP) is 3.55. The highest BCUT2D eigenvalue weighted by Gasteiger charge is 2.33. The van der Waals surface area contributed by atoms with Crippen molar-refractivity contribution in [2.24, 2.45) is 17.8 Å². The molecule has 1 aromatic carbocycles. The molecule has 5 heteroatoms. The molecule has 2 fully saturated rings. The molecule has 1 atom stereocenters. The van der Waals surface area contributed by atoms with Crippen LogP contribution in [0.4, 0.5) is 4.39 Å². The fourth-order valence-corrected chi connectivity index (χ4v) is 4.38. The minimum Gasteiger partial charge on any atom is -0.356 e. The van der Waals surface area contributed by atoms with Gasteiger partial charge in [0.05, 0.1) is 0 Å². The number of benzene rings is 1. The number of hydrogen-bond donors (Lipinski definition) is 1. The van der Waals surface area contributed by atoms with Gasteiger partial charge in [-0.3, -0.25) is 9.59 Å². The molecule has 1 aliphatic heterocycles. The average molecular weight is 375 g/mol. The normalized spacial score (nSPS) is 25.9. The standard InChI is InChI=1S/C22H31FN2O2/c1-16-3-2-14-25(15-16)22(27)19-8-6-18(7-9-19)21(26)24-13-12-17-4-10-20(23)11-5-17/h4-5,10-11,16,18-19H,2-3,6-9,12-15H2,1H3,(H,24,26). The van der Waals surface area contributed by atoms with E-state index in [1.165, 1.54) is 18.6 Å². The van der Waals surface area contributed by atoms with Crippen LogP contribution in [0.2, 0.25) is 0 Å². The summed E-state index contributed by atoms with van der Waals surface area (Å²) in [5, 5.41) is 3.00. The summed E-state index contributed by atoms with van der Waals surface area (Å²) in [4.78, 5) is 27.2. The van der Waals surface area contributed by atoms with Crippen LogP contribution >= 0.6 is 0 Å². The van der Waals surface area contributed by atoms with Crippen molar-refractivity contribution in [3.63, 3.8) is 0 Å². The molecule has 3 rings (SSSR count). The molecule has 1 saturated heterocycles. The molecule has 0 bridgehead atoms. The van der Waals surface area contributed by atoms with Crippen LogP contribution in [0.5, 0.6) is 0 Å². The van der Waals surface area contributed by atoms with E-state index < -0.39 is 0 Å². The first-order valence-corrected chi connectivity index (χ1v) is 10.3. The second-order valence-corrected chi connectivity index (χ2v) is 8.25. The van der Waals surface area contributed by atoms with E-state index in [-0.39, 0.29) is 23.6 Å². The van der Waals surface area contributed by atoms with E-state index in [2.05, 4.69) is 12.2 Å². The first kappa shape index (κ1) is 19.8. The number of carbonyl (C=O) groups is 2. The molecule has 1 aromatic rings. The molecule has 4 nitrogen and oxygen atoms in total. The lowest BCUT2D eigenvalue weighted by molar-refractivity contribution is -0.140. The highest BCUT2D eigenvalue weighted by molar-refractivity contribution is 5.81. The summed E-state index contributed by atoms with van der Waals surface area (Å²) in [6.07, 6.45) is 6.25. The molecule has 0 spiro atoms. The van der Waals surface area contributed by atoms with E-state index in [0.29, 0.717) is 24.8 Å². The van der Waals surface area contributed by atoms with Gasteiger partial charge < -0.3 is 10.2 Å². The van der Waals surface area contributed by atoms with Gasteiger partial charge in [0.25, 0.3) is 0 Å². The van der Waals surface area contributed by atoms with Crippen LogP contribution in [0.25, 0.3) is 0 Å². The van der Waals surface area contributed by atoms with Gasteiger partial charge in [0.2, 0.25) is 11.8 Å². The van der Waals surface area contributed by atoms with Gasteiger partial charge in [0.1, 0.15) is 5.82 Å². The Bertz CT molecular complexity index is 638. The highest BCUT2D eigenvalue weighted by atomic mass is 19.1. The SMILES string of the molecule is CC1CCCN(C(=O)C2CCC(C(=O)NCCc3ccc(F)cc3)CC2)C1. The van der Waals surface area contributed by atoms with Crippen LogP contribution in [0.15, 0.2) is 24.3 Å². The number of halogens is 1. The molecule has 2 aliphatic rings. The summed E-state index contributed by atoms with van der Waals surface area (Å²) in [7, 11) is 0. The fourth-order valence-electron chi connectivity index (χ4n) is 4.38. The third kappa shape index (κ3) is 5.53. The monoisotopic (exact) mass is 374 g/mol. The number of rotatable bonds is 5. The number of amides is 2. The minimum atomic E-state index is -0.242. The zero-order chi connectivity index (χ0) is 19.2. The van der Waals surface area contributed by atoms with Crippen LogP contribution in [0.1, 0.15) is 51.0 Å². The van der Waals surface area contributed by atoms with E-state index in [1.807, 2.05) is 4.90 Å². The van der Waals surface area contributed by atoms with Gasteiger partial charge in [-0.15, -0.1) is 0 Å². The van der Waals surface area contributed by atoms with Gasteiger partial charge in [-0.25, -0.2) is 4.39 Å². The summed E-state index contributed by atoms with van der Waals surface area (Å²) < 4.78 is 12.9. The molecule has 1 heterocycles. The molecule has 1 N–H and O–H groups in total. The van der Waals surface area contributed by atoms with Crippen LogP contribution in [0, 0.1) is 23.6 Å². The molecule has 1 unspecified atom stereocenters. The van der Waals surface area contributed by atoms with Gasteiger partial charge >= 0.3 is 0 Å². The Balaban J connectivity index is 1.38. The average Bonchev–Trinajstić information content (AvgIpc) is 2.69. The molecule has 1 saturated carbocycles. The maximum Gasteiger partial charge on any atom is 0.225 e. The van der Waals surface area contributed by atoms with Crippen molar-refractivity contribution < 1.29 is 14.0 Å². The number of piperidine rings is 1. The Morgan fingerprint density at radius 3 is 2.41 bits per heavy atom. The van der Waals surface area contributed by atoms with Gasteiger partial charge in [-0.05, 0) is 68.6 Å². The second kappa shape index (κ2) is 9.34. The Hall–Kier alpha value is -1.91. The number of nitrogens with zero attached hydrogens (tertiary/aromatic N) is 1. The van der Waals surface area contributed by atoms with E-state index in [1.54, 1.807) is 12.1 Å². The molecule has 148 valence electrons. The molecule has 0 radical (unpaired) electrons. The topological polar surface area (TPSA) is 49.4 Å². The van der Waals surface area contributed by atoms with Crippen molar-refractivity contribution in [1.29, 1.82) is 0 Å². The van der Waals surface area contributed by atoms with Crippen molar-refractivity contribution in [3.8, 4) is 0 Å². The Kier molecular flexibility index (Phi) is 6.86. The summed E-state index contributed by atoms with van der Waals surface area (Å²) in [5.74, 6) is 0.867. The lowest BCUT2D eigenvalue weighted by Crippen LogP contribution is -2.44. The van der Waals surface area contributed by atoms with E-state index >= 15 is 0 Å². The first-order valence-electron chi connectivity index (χ1n) is 10.3. The van der Waals surface area contributed by atoms with Crippen molar-refractivity contribution in [3.05, 3.63) is 35.6 Å². The molecule has 0 aromatic heterocycles. The van der Waals surface area contributed by atoms with Crippen molar-refractivity contribution in [1.82, 2.24) is 10.2 Å². The molecular formula is C22H31FN2O2. The smallest absolute Gasteiger partial charge is 0.225 e. The molecule has 1 aliphatic carbocycles. The molecular weight excluding hydrogens is 343 g/mol. The Labute approximate surface area is 161 Å². The van der Waals surface area contributed by atoms with Crippen LogP contribution in [0.3, 0.4) is 0 Å². The van der Waals surface area contributed by atoms with E-state index in [4.69, 9.17) is 0 Å². The summed E-state index contributed by atoms with van der Waals surface area (Å²) in [5.41, 5.74) is 1.02. The molecule has 27 heavy (non-hydrogen) atoms. The quantitative estimate of drug-likeness (QED) is 0.857. The van der Waals surface area contributed by atoms with E-state index in [0.717, 1.165) is 50.8 Å². The number of likely N-dealkylation sites (tertiary alicyclic amines) is 1. The zero-order valence-electron chi connectivity index (χ0n) is 16.3. The lowest BCUT2D eigenvalue weighted by Gasteiger charge is -2.35. The zero-order valence-corrected chi connectivity index (χ0v) is 16.3. The van der Waals surface area contributed by atoms with Gasteiger partial charge in [-0.1, -0.05) is 19.1 Å². The minimum absolute atomic E-state index is 0.0162. The van der Waals surface area contributed by atoms with Crippen LogP contribution in [-0.2, 0) is 16.0 Å². The van der Waals surface area contributed by atoms with Crippen LogP contribution in [-0.4, -0.2) is 36.3 Å². The second-order valence-electron chi connectivity index (χ2n) is 8.25. The summed E-state index contributed by atoms with van der Waals surface area (Å²) in [6, 6.07) is 6.39. The van der Waals surface area contributed by atoms with Crippen LogP contribution < -0.4 is 5.32 Å². The summed E-state index contributed by atoms with van der Waals surface area (Å²) in [6.45, 7) is 4.57. The third-order valence-corrected chi connectivity index (χ3v) is 6.04. The maximum atomic E-state index is 12.9. The van der Waals surface area contributed by atoms with Gasteiger partial charge in [-0.2, -0.15) is 0 Å². The molecule has 2 amide bonds. The fraction of sp³-hybridized carbons (Fsp3) is 0.636. The number of carbonyl (C=O) groups excluding carboxylic acids is 2. The maximum absolute atomic E-state index is 12.9. The highest BCUT2D eigenvalue weighted by Crippen LogP contribution is 2.31. The van der Waals surface area contributed by atoms with E-state index in [9.17, 15) is 14.0 Å². The largest absolute Gasteiger partial charge is 0.356 e. The number of hydrogen-bond acceptors (Lipinski definition) is 2. The lowest BCUT2D eigenvalue weighted by atomic mass is 9.80. The van der Waals surface area contributed by atoms with Gasteiger partial charge in [0, 0.05) is 31.5 Å². The summed E-state index contributed by atoms with van der Waals surface area (Å²) >= 11 is 0. The number of nitrogens with one attached hydrogen (secondary N) is 1. The first-order chi connectivity index (χ1) is 13.0. The predicted molar refractivity (Wildman–Crippen MR) is 104 cm³/mol. The third-order valence-electron chi connectivity index (χ3n) is 6.04.